The Kier molecular flexibility index (Phi) is 5.66. The fourth-order valence-electron chi connectivity index (χ4n) is 3.13. The van der Waals surface area contributed by atoms with Crippen LogP contribution >= 0.6 is 11.8 Å². The van der Waals surface area contributed by atoms with E-state index in [1.54, 1.807) is 10.9 Å². The minimum absolute atomic E-state index is 0.137. The van der Waals surface area contributed by atoms with Gasteiger partial charge in [-0.05, 0) is 24.8 Å². The molecule has 0 saturated heterocycles. The smallest absolute Gasteiger partial charge is 0.267 e. The van der Waals surface area contributed by atoms with Gasteiger partial charge >= 0.3 is 0 Å². The molecule has 3 aromatic heterocycles. The summed E-state index contributed by atoms with van der Waals surface area (Å²) in [7, 11) is 0. The molecule has 0 unspecified atom stereocenters. The predicted molar refractivity (Wildman–Crippen MR) is 117 cm³/mol. The number of anilines is 1. The molecule has 29 heavy (non-hydrogen) atoms. The van der Waals surface area contributed by atoms with Gasteiger partial charge in [-0.15, -0.1) is 0 Å². The molecule has 0 aliphatic rings. The summed E-state index contributed by atoms with van der Waals surface area (Å²) >= 11 is 1.49. The number of carbonyl (C=O) groups excluding carboxylic acids is 1. The molecule has 0 spiro atoms. The molecule has 0 saturated carbocycles. The summed E-state index contributed by atoms with van der Waals surface area (Å²) in [6.07, 6.45) is 4.73. The van der Waals surface area contributed by atoms with Crippen LogP contribution in [0.3, 0.4) is 0 Å². The van der Waals surface area contributed by atoms with Gasteiger partial charge in [-0.2, -0.15) is 5.10 Å². The van der Waals surface area contributed by atoms with E-state index < -0.39 is 0 Å². The predicted octanol–water partition coefficient (Wildman–Crippen LogP) is 3.28. The maximum absolute atomic E-state index is 12.5. The highest BCUT2D eigenvalue weighted by atomic mass is 32.2. The van der Waals surface area contributed by atoms with Crippen molar-refractivity contribution in [3.05, 3.63) is 42.2 Å². The van der Waals surface area contributed by atoms with Crippen molar-refractivity contribution in [2.24, 2.45) is 0 Å². The minimum Gasteiger partial charge on any atom is -0.369 e. The molecule has 0 fully saturated rings. The average molecular weight is 410 g/mol. The van der Waals surface area contributed by atoms with E-state index in [1.165, 1.54) is 11.8 Å². The quantitative estimate of drug-likeness (QED) is 0.305. The second kappa shape index (κ2) is 8.52. The van der Waals surface area contributed by atoms with Crippen LogP contribution in [-0.2, 0) is 6.54 Å². The summed E-state index contributed by atoms with van der Waals surface area (Å²) < 4.78 is 1.80. The summed E-state index contributed by atoms with van der Waals surface area (Å²) in [6.45, 7) is 3.92. The number of hydrogen-bond acceptors (Lipinski definition) is 6. The number of nitrogens with one attached hydrogen (secondary N) is 3. The number of fused-ring (bicyclic) bond motifs is 2. The van der Waals surface area contributed by atoms with E-state index in [4.69, 9.17) is 0 Å². The van der Waals surface area contributed by atoms with Crippen LogP contribution < -0.4 is 10.6 Å². The molecule has 0 aliphatic heterocycles. The van der Waals surface area contributed by atoms with E-state index >= 15 is 0 Å². The number of rotatable bonds is 8. The van der Waals surface area contributed by atoms with E-state index in [2.05, 4.69) is 37.6 Å². The van der Waals surface area contributed by atoms with Crippen LogP contribution in [0.5, 0.6) is 0 Å². The molecular weight excluding hydrogens is 386 g/mol. The van der Waals surface area contributed by atoms with Crippen LogP contribution in [0.4, 0.5) is 5.82 Å². The number of aromatic amines is 1. The number of hydrogen-bond donors (Lipinski definition) is 3. The van der Waals surface area contributed by atoms with Gasteiger partial charge in [0.25, 0.3) is 5.91 Å². The SMILES string of the molecule is CCCNc1nc(SC)nc2c1cnn2CCNC(=O)c1cc2ccccc2[nH]1. The Labute approximate surface area is 172 Å². The lowest BCUT2D eigenvalue weighted by molar-refractivity contribution is 0.0948. The van der Waals surface area contributed by atoms with Crippen molar-refractivity contribution in [2.45, 2.75) is 25.0 Å². The molecule has 3 heterocycles. The molecule has 0 aliphatic carbocycles. The summed E-state index contributed by atoms with van der Waals surface area (Å²) in [5.74, 6) is 0.664. The van der Waals surface area contributed by atoms with Crippen LogP contribution in [0.1, 0.15) is 23.8 Å². The first kappa shape index (κ1) is 19.3. The standard InChI is InChI=1S/C20H23N7OS/c1-3-8-21-17-14-12-23-27(18(14)26-20(25-17)29-2)10-9-22-19(28)16-11-13-6-4-5-7-15(13)24-16/h4-7,11-12,24H,3,8-10H2,1-2H3,(H,22,28)(H,21,25,26). The summed E-state index contributed by atoms with van der Waals surface area (Å²) in [6, 6.07) is 9.69. The van der Waals surface area contributed by atoms with Crippen LogP contribution in [0.25, 0.3) is 21.9 Å². The molecule has 0 atom stereocenters. The summed E-state index contributed by atoms with van der Waals surface area (Å²) in [5.41, 5.74) is 2.27. The average Bonchev–Trinajstić information content (AvgIpc) is 3.36. The van der Waals surface area contributed by atoms with Crippen LogP contribution in [0, 0.1) is 0 Å². The normalized spacial score (nSPS) is 11.2. The van der Waals surface area contributed by atoms with Gasteiger partial charge in [-0.3, -0.25) is 4.79 Å². The third-order valence-electron chi connectivity index (χ3n) is 4.58. The second-order valence-corrected chi connectivity index (χ2v) is 7.39. The molecule has 0 bridgehead atoms. The van der Waals surface area contributed by atoms with E-state index in [0.29, 0.717) is 23.9 Å². The summed E-state index contributed by atoms with van der Waals surface area (Å²) in [4.78, 5) is 24.8. The molecule has 4 rings (SSSR count). The van der Waals surface area contributed by atoms with E-state index in [-0.39, 0.29) is 5.91 Å². The maximum Gasteiger partial charge on any atom is 0.267 e. The van der Waals surface area contributed by atoms with Crippen molar-refractivity contribution < 1.29 is 4.79 Å². The van der Waals surface area contributed by atoms with E-state index in [0.717, 1.165) is 40.7 Å². The highest BCUT2D eigenvalue weighted by molar-refractivity contribution is 7.98. The Morgan fingerprint density at radius 1 is 1.24 bits per heavy atom. The number of carbonyl (C=O) groups is 1. The lowest BCUT2D eigenvalue weighted by Gasteiger charge is -2.08. The first-order valence-corrected chi connectivity index (χ1v) is 10.8. The molecule has 0 radical (unpaired) electrons. The highest BCUT2D eigenvalue weighted by Gasteiger charge is 2.13. The van der Waals surface area contributed by atoms with Crippen molar-refractivity contribution in [1.29, 1.82) is 0 Å². The van der Waals surface area contributed by atoms with Gasteiger partial charge < -0.3 is 15.6 Å². The number of amides is 1. The fourth-order valence-corrected chi connectivity index (χ4v) is 3.49. The zero-order chi connectivity index (χ0) is 20.2. The van der Waals surface area contributed by atoms with E-state index in [1.807, 2.05) is 36.6 Å². The van der Waals surface area contributed by atoms with Gasteiger partial charge in [0.2, 0.25) is 0 Å². The van der Waals surface area contributed by atoms with Gasteiger partial charge in [-0.1, -0.05) is 36.9 Å². The van der Waals surface area contributed by atoms with Crippen molar-refractivity contribution in [1.82, 2.24) is 30.0 Å². The number of H-pyrrole nitrogens is 1. The van der Waals surface area contributed by atoms with Gasteiger partial charge in [-0.25, -0.2) is 14.6 Å². The Hall–Kier alpha value is -3.07. The zero-order valence-corrected chi connectivity index (χ0v) is 17.2. The number of aromatic nitrogens is 5. The van der Waals surface area contributed by atoms with Crippen LogP contribution in [-0.4, -0.2) is 50.0 Å². The molecule has 3 N–H and O–H groups in total. The lowest BCUT2D eigenvalue weighted by atomic mass is 10.2. The number of thioether (sulfide) groups is 1. The van der Waals surface area contributed by atoms with Crippen LogP contribution in [0.15, 0.2) is 41.7 Å². The monoisotopic (exact) mass is 409 g/mol. The van der Waals surface area contributed by atoms with Crippen LogP contribution in [0.2, 0.25) is 0 Å². The van der Waals surface area contributed by atoms with Gasteiger partial charge in [0, 0.05) is 24.0 Å². The lowest BCUT2D eigenvalue weighted by Crippen LogP contribution is -2.27. The first-order chi connectivity index (χ1) is 14.2. The zero-order valence-electron chi connectivity index (χ0n) is 16.4. The molecule has 1 amide bonds. The van der Waals surface area contributed by atoms with Crippen molar-refractivity contribution >= 4 is 45.4 Å². The van der Waals surface area contributed by atoms with Crippen molar-refractivity contribution in [3.8, 4) is 0 Å². The minimum atomic E-state index is -0.137. The van der Waals surface area contributed by atoms with Gasteiger partial charge in [0.15, 0.2) is 10.8 Å². The molecule has 4 aromatic rings. The molecule has 9 heteroatoms. The van der Waals surface area contributed by atoms with Gasteiger partial charge in [0.05, 0.1) is 18.1 Å². The van der Waals surface area contributed by atoms with Crippen molar-refractivity contribution in [2.75, 3.05) is 24.7 Å². The first-order valence-electron chi connectivity index (χ1n) is 9.57. The number of nitrogens with zero attached hydrogens (tertiary/aromatic N) is 4. The Bertz CT molecular complexity index is 1120. The Morgan fingerprint density at radius 3 is 2.90 bits per heavy atom. The number of para-hydroxylation sites is 1. The molecule has 8 nitrogen and oxygen atoms in total. The third-order valence-corrected chi connectivity index (χ3v) is 5.13. The Morgan fingerprint density at radius 2 is 2.10 bits per heavy atom. The van der Waals surface area contributed by atoms with Crippen molar-refractivity contribution in [3.63, 3.8) is 0 Å². The number of benzene rings is 1. The third kappa shape index (κ3) is 4.04. The van der Waals surface area contributed by atoms with E-state index in [9.17, 15) is 4.79 Å². The second-order valence-electron chi connectivity index (χ2n) is 6.62. The largest absolute Gasteiger partial charge is 0.369 e. The Balaban J connectivity index is 1.47. The molecular formula is C20H23N7OS. The summed E-state index contributed by atoms with van der Waals surface area (Å²) in [5, 5.41) is 13.3. The fraction of sp³-hybridized carbons (Fsp3) is 0.300. The highest BCUT2D eigenvalue weighted by Crippen LogP contribution is 2.23. The topological polar surface area (TPSA) is 101 Å². The maximum atomic E-state index is 12.5. The van der Waals surface area contributed by atoms with Gasteiger partial charge in [0.1, 0.15) is 11.5 Å². The molecule has 150 valence electrons. The molecule has 1 aromatic carbocycles.